The van der Waals surface area contributed by atoms with Gasteiger partial charge in [-0.25, -0.2) is 9.67 Å². The molecule has 0 N–H and O–H groups in total. The number of nitrogens with zero attached hydrogens (tertiary/aromatic N) is 5. The lowest BCUT2D eigenvalue weighted by Crippen LogP contribution is -2.31. The average molecular weight is 460 g/mol. The molecule has 5 aromatic rings. The molecule has 0 unspecified atom stereocenters. The van der Waals surface area contributed by atoms with Crippen molar-refractivity contribution in [3.63, 3.8) is 0 Å². The lowest BCUT2D eigenvalue weighted by atomic mass is 10.2. The Bertz CT molecular complexity index is 1400. The highest BCUT2D eigenvalue weighted by Crippen LogP contribution is 2.34. The van der Waals surface area contributed by atoms with E-state index in [4.69, 9.17) is 11.6 Å². The third-order valence-corrected chi connectivity index (χ3v) is 6.47. The molecule has 0 aliphatic rings. The van der Waals surface area contributed by atoms with Gasteiger partial charge in [0.05, 0.1) is 45.1 Å². The van der Waals surface area contributed by atoms with Gasteiger partial charge in [-0.3, -0.25) is 14.7 Å². The van der Waals surface area contributed by atoms with Crippen LogP contribution in [0.3, 0.4) is 0 Å². The van der Waals surface area contributed by atoms with Crippen LogP contribution in [0.5, 0.6) is 0 Å². The summed E-state index contributed by atoms with van der Waals surface area (Å²) in [6.45, 7) is 2.18. The van der Waals surface area contributed by atoms with Crippen molar-refractivity contribution in [3.05, 3.63) is 101 Å². The van der Waals surface area contributed by atoms with Crippen molar-refractivity contribution >= 4 is 44.2 Å². The summed E-state index contributed by atoms with van der Waals surface area (Å²) in [6.07, 6.45) is 3.32. The second-order valence-electron chi connectivity index (χ2n) is 7.19. The number of halogens is 1. The van der Waals surface area contributed by atoms with Gasteiger partial charge >= 0.3 is 0 Å². The maximum atomic E-state index is 13.8. The van der Waals surface area contributed by atoms with Crippen LogP contribution in [0.4, 0.5) is 5.13 Å². The van der Waals surface area contributed by atoms with E-state index >= 15 is 0 Å². The predicted octanol–water partition coefficient (Wildman–Crippen LogP) is 5.69. The smallest absolute Gasteiger partial charge is 0.263 e. The third kappa shape index (κ3) is 3.77. The normalized spacial score (nSPS) is 11.1. The van der Waals surface area contributed by atoms with E-state index in [2.05, 4.69) is 15.1 Å². The second kappa shape index (κ2) is 8.53. The minimum atomic E-state index is -0.189. The van der Waals surface area contributed by atoms with Crippen molar-refractivity contribution in [2.75, 3.05) is 4.90 Å². The molecule has 0 bridgehead atoms. The molecule has 0 radical (unpaired) electrons. The number of thiazole rings is 1. The van der Waals surface area contributed by atoms with Gasteiger partial charge in [-0.1, -0.05) is 53.3 Å². The molecule has 8 heteroatoms. The fourth-order valence-corrected chi connectivity index (χ4v) is 4.76. The van der Waals surface area contributed by atoms with Crippen LogP contribution in [0.25, 0.3) is 15.9 Å². The largest absolute Gasteiger partial charge is 0.278 e. The second-order valence-corrected chi connectivity index (χ2v) is 8.60. The van der Waals surface area contributed by atoms with Crippen molar-refractivity contribution in [1.82, 2.24) is 19.7 Å². The van der Waals surface area contributed by atoms with Crippen LogP contribution in [-0.2, 0) is 6.54 Å². The fourth-order valence-electron chi connectivity index (χ4n) is 3.49. The number of para-hydroxylation sites is 2. The third-order valence-electron chi connectivity index (χ3n) is 5.12. The summed E-state index contributed by atoms with van der Waals surface area (Å²) in [4.78, 5) is 24.5. The van der Waals surface area contributed by atoms with Crippen LogP contribution in [0.2, 0.25) is 5.02 Å². The molecule has 0 saturated heterocycles. The lowest BCUT2D eigenvalue weighted by Gasteiger charge is -2.19. The first kappa shape index (κ1) is 20.4. The van der Waals surface area contributed by atoms with E-state index in [1.807, 2.05) is 67.6 Å². The van der Waals surface area contributed by atoms with Crippen molar-refractivity contribution in [1.29, 1.82) is 0 Å². The Labute approximate surface area is 193 Å². The number of carbonyl (C=O) groups excluding carboxylic acids is 1. The molecule has 0 fully saturated rings. The van der Waals surface area contributed by atoms with E-state index in [1.165, 1.54) is 11.3 Å². The van der Waals surface area contributed by atoms with Crippen molar-refractivity contribution in [2.45, 2.75) is 13.5 Å². The molecule has 3 heterocycles. The Kier molecular flexibility index (Phi) is 5.43. The number of carbonyl (C=O) groups is 1. The number of amides is 1. The molecular weight excluding hydrogens is 442 g/mol. The zero-order chi connectivity index (χ0) is 22.1. The first-order chi connectivity index (χ1) is 15.6. The van der Waals surface area contributed by atoms with E-state index in [1.54, 1.807) is 28.0 Å². The van der Waals surface area contributed by atoms with E-state index < -0.39 is 0 Å². The minimum Gasteiger partial charge on any atom is -0.278 e. The van der Waals surface area contributed by atoms with Gasteiger partial charge in [0.15, 0.2) is 5.13 Å². The van der Waals surface area contributed by atoms with Crippen molar-refractivity contribution in [2.24, 2.45) is 0 Å². The molecule has 0 atom stereocenters. The lowest BCUT2D eigenvalue weighted by molar-refractivity contribution is 0.0984. The molecule has 6 nitrogen and oxygen atoms in total. The number of fused-ring (bicyclic) bond motifs is 1. The molecule has 5 rings (SSSR count). The highest BCUT2D eigenvalue weighted by atomic mass is 35.5. The van der Waals surface area contributed by atoms with Crippen molar-refractivity contribution < 1.29 is 4.79 Å². The molecule has 158 valence electrons. The summed E-state index contributed by atoms with van der Waals surface area (Å²) in [5.74, 6) is -0.189. The SMILES string of the molecule is Cc1c(C(=O)N(Cc2ccccn2)c2nc3c(Cl)cccc3s2)cnn1-c1ccccc1. The van der Waals surface area contributed by atoms with Gasteiger partial charge in [0.25, 0.3) is 5.91 Å². The molecule has 0 aliphatic heterocycles. The number of pyridine rings is 1. The van der Waals surface area contributed by atoms with Gasteiger partial charge < -0.3 is 0 Å². The number of hydrogen-bond donors (Lipinski definition) is 0. The van der Waals surface area contributed by atoms with Gasteiger partial charge in [0, 0.05) is 6.20 Å². The number of hydrogen-bond acceptors (Lipinski definition) is 5. The number of benzene rings is 2. The highest BCUT2D eigenvalue weighted by Gasteiger charge is 2.26. The monoisotopic (exact) mass is 459 g/mol. The van der Waals surface area contributed by atoms with E-state index in [0.29, 0.717) is 21.2 Å². The van der Waals surface area contributed by atoms with Gasteiger partial charge in [-0.15, -0.1) is 0 Å². The summed E-state index contributed by atoms with van der Waals surface area (Å²) in [5.41, 5.74) is 3.61. The molecule has 32 heavy (non-hydrogen) atoms. The van der Waals surface area contributed by atoms with Crippen LogP contribution in [0.15, 0.2) is 79.1 Å². The standard InChI is InChI=1S/C24H18ClN5OS/c1-16-19(14-27-30(16)18-9-3-2-4-10-18)23(31)29(15-17-8-5-6-13-26-17)24-28-22-20(25)11-7-12-21(22)32-24/h2-14H,15H2,1H3. The molecular formula is C24H18ClN5OS. The van der Waals surface area contributed by atoms with Crippen molar-refractivity contribution in [3.8, 4) is 5.69 Å². The van der Waals surface area contributed by atoms with Crippen LogP contribution < -0.4 is 4.90 Å². The van der Waals surface area contributed by atoms with Gasteiger partial charge in [0.1, 0.15) is 5.52 Å². The predicted molar refractivity (Wildman–Crippen MR) is 128 cm³/mol. The van der Waals surface area contributed by atoms with E-state index in [-0.39, 0.29) is 12.5 Å². The maximum absolute atomic E-state index is 13.8. The van der Waals surface area contributed by atoms with Crippen LogP contribution >= 0.6 is 22.9 Å². The first-order valence-corrected chi connectivity index (χ1v) is 11.2. The summed E-state index contributed by atoms with van der Waals surface area (Å²) < 4.78 is 2.68. The van der Waals surface area contributed by atoms with E-state index in [9.17, 15) is 4.79 Å². The highest BCUT2D eigenvalue weighted by molar-refractivity contribution is 7.22. The summed E-state index contributed by atoms with van der Waals surface area (Å²) in [5, 5.41) is 5.59. The molecule has 2 aromatic carbocycles. The van der Waals surface area contributed by atoms with Gasteiger partial charge in [-0.05, 0) is 43.3 Å². The Hall–Kier alpha value is -3.55. The minimum absolute atomic E-state index is 0.189. The molecule has 0 spiro atoms. The zero-order valence-electron chi connectivity index (χ0n) is 17.1. The first-order valence-electron chi connectivity index (χ1n) is 9.98. The average Bonchev–Trinajstić information content (AvgIpc) is 3.43. The quantitative estimate of drug-likeness (QED) is 0.339. The number of aromatic nitrogens is 4. The van der Waals surface area contributed by atoms with Gasteiger partial charge in [-0.2, -0.15) is 5.10 Å². The van der Waals surface area contributed by atoms with Crippen LogP contribution in [-0.4, -0.2) is 25.7 Å². The van der Waals surface area contributed by atoms with Gasteiger partial charge in [0.2, 0.25) is 0 Å². The summed E-state index contributed by atoms with van der Waals surface area (Å²) >= 11 is 7.77. The van der Waals surface area contributed by atoms with E-state index in [0.717, 1.165) is 21.8 Å². The number of anilines is 1. The zero-order valence-corrected chi connectivity index (χ0v) is 18.7. The Morgan fingerprint density at radius 3 is 2.62 bits per heavy atom. The molecule has 0 saturated carbocycles. The summed E-state index contributed by atoms with van der Waals surface area (Å²) in [7, 11) is 0. The van der Waals surface area contributed by atoms with Crippen LogP contribution in [0, 0.1) is 6.92 Å². The Morgan fingerprint density at radius 2 is 1.88 bits per heavy atom. The molecule has 0 aliphatic carbocycles. The topological polar surface area (TPSA) is 63.9 Å². The van der Waals surface area contributed by atoms with Crippen LogP contribution in [0.1, 0.15) is 21.7 Å². The number of rotatable bonds is 5. The Morgan fingerprint density at radius 1 is 1.06 bits per heavy atom. The fraction of sp³-hybridized carbons (Fsp3) is 0.0833. The molecule has 1 amide bonds. The molecule has 3 aromatic heterocycles. The Balaban J connectivity index is 1.58. The summed E-state index contributed by atoms with van der Waals surface area (Å²) in [6, 6.07) is 21.0. The maximum Gasteiger partial charge on any atom is 0.263 e.